The van der Waals surface area contributed by atoms with Crippen LogP contribution in [0.2, 0.25) is 0 Å². The molecule has 0 bridgehead atoms. The van der Waals surface area contributed by atoms with Crippen LogP contribution in [-0.2, 0) is 16.0 Å². The molecule has 0 aliphatic carbocycles. The molecule has 0 saturated carbocycles. The van der Waals surface area contributed by atoms with E-state index in [-0.39, 0.29) is 16.3 Å². The highest BCUT2D eigenvalue weighted by Crippen LogP contribution is 2.28. The number of nitrogens with zero attached hydrogens (tertiary/aromatic N) is 1. The van der Waals surface area contributed by atoms with Gasteiger partial charge in [-0.25, -0.2) is 0 Å². The second-order valence-corrected chi connectivity index (χ2v) is 6.69. The Bertz CT molecular complexity index is 484. The van der Waals surface area contributed by atoms with Gasteiger partial charge in [0.1, 0.15) is 0 Å². The van der Waals surface area contributed by atoms with Crippen LogP contribution in [-0.4, -0.2) is 22.8 Å². The molecule has 1 aliphatic heterocycles. The number of carbonyl (C=O) groups is 2. The van der Waals surface area contributed by atoms with Crippen LogP contribution in [0, 0.1) is 0 Å². The normalized spacial score (nSPS) is 18.6. The number of hydrogen-bond donors (Lipinski definition) is 0. The average Bonchev–Trinajstić information content (AvgIpc) is 2.77. The van der Waals surface area contributed by atoms with Gasteiger partial charge in [0.25, 0.3) is 0 Å². The van der Waals surface area contributed by atoms with Crippen molar-refractivity contribution in [2.24, 2.45) is 0 Å². The van der Waals surface area contributed by atoms with E-state index in [4.69, 9.17) is 0 Å². The summed E-state index contributed by atoms with van der Waals surface area (Å²) in [6, 6.07) is 8.24. The molecule has 1 saturated heterocycles. The van der Waals surface area contributed by atoms with Crippen LogP contribution in [0.5, 0.6) is 0 Å². The fraction of sp³-hybridized carbons (Fsp3) is 0.500. The number of anilines is 1. The summed E-state index contributed by atoms with van der Waals surface area (Å²) in [6.45, 7) is 4.38. The van der Waals surface area contributed by atoms with E-state index in [0.29, 0.717) is 13.0 Å². The van der Waals surface area contributed by atoms with Gasteiger partial charge in [0.05, 0.1) is 0 Å². The van der Waals surface area contributed by atoms with Gasteiger partial charge in [0.15, 0.2) is 5.12 Å². The van der Waals surface area contributed by atoms with Crippen molar-refractivity contribution in [1.29, 1.82) is 0 Å². The number of benzene rings is 1. The monoisotopic (exact) mass is 291 g/mol. The number of unbranched alkanes of at least 4 members (excludes halogenated alkanes) is 1. The number of rotatable bonds is 5. The third-order valence-corrected chi connectivity index (χ3v) is 4.47. The minimum atomic E-state index is 0.0829. The summed E-state index contributed by atoms with van der Waals surface area (Å²) in [5, 5.41) is 0.180. The Balaban J connectivity index is 2.00. The van der Waals surface area contributed by atoms with Crippen molar-refractivity contribution >= 4 is 28.5 Å². The summed E-state index contributed by atoms with van der Waals surface area (Å²) in [5.74, 6) is 0.116. The number of carbonyl (C=O) groups excluding carboxylic acids is 2. The molecule has 0 aromatic heterocycles. The lowest BCUT2D eigenvalue weighted by molar-refractivity contribution is -0.117. The Morgan fingerprint density at radius 3 is 2.65 bits per heavy atom. The average molecular weight is 291 g/mol. The first-order chi connectivity index (χ1) is 9.60. The third kappa shape index (κ3) is 3.85. The summed E-state index contributed by atoms with van der Waals surface area (Å²) in [6.07, 6.45) is 3.94. The first-order valence-electron chi connectivity index (χ1n) is 7.16. The van der Waals surface area contributed by atoms with E-state index >= 15 is 0 Å². The molecular weight excluding hydrogens is 270 g/mol. The topological polar surface area (TPSA) is 37.4 Å². The van der Waals surface area contributed by atoms with E-state index in [0.717, 1.165) is 12.1 Å². The second kappa shape index (κ2) is 6.93. The molecular formula is C16H21NO2S. The molecule has 1 amide bonds. The number of thioether (sulfide) groups is 1. The van der Waals surface area contributed by atoms with E-state index < -0.39 is 0 Å². The predicted octanol–water partition coefficient (Wildman–Crippen LogP) is 3.41. The lowest BCUT2D eigenvalue weighted by atomic mass is 10.1. The molecule has 1 aromatic carbocycles. The highest BCUT2D eigenvalue weighted by Gasteiger charge is 2.31. The highest BCUT2D eigenvalue weighted by molar-refractivity contribution is 8.14. The molecule has 1 unspecified atom stereocenters. The van der Waals surface area contributed by atoms with Gasteiger partial charge >= 0.3 is 0 Å². The third-order valence-electron chi connectivity index (χ3n) is 3.49. The lowest BCUT2D eigenvalue weighted by Crippen LogP contribution is -2.24. The SMILES string of the molecule is CCCCc1ccc(N2CC(SC(C)=O)CC2=O)cc1. The molecule has 0 radical (unpaired) electrons. The summed E-state index contributed by atoms with van der Waals surface area (Å²) in [5.41, 5.74) is 2.26. The first kappa shape index (κ1) is 15.1. The molecule has 0 N–H and O–H groups in total. The Morgan fingerprint density at radius 2 is 2.05 bits per heavy atom. The zero-order chi connectivity index (χ0) is 14.5. The smallest absolute Gasteiger partial charge is 0.228 e. The molecule has 20 heavy (non-hydrogen) atoms. The standard InChI is InChI=1S/C16H21NO2S/c1-3-4-5-13-6-8-14(9-7-13)17-11-15(10-16(17)19)20-12(2)18/h6-9,15H,3-5,10-11H2,1-2H3. The van der Waals surface area contributed by atoms with Crippen molar-refractivity contribution in [3.05, 3.63) is 29.8 Å². The number of aryl methyl sites for hydroxylation is 1. The van der Waals surface area contributed by atoms with Crippen LogP contribution in [0.1, 0.15) is 38.7 Å². The Kier molecular flexibility index (Phi) is 5.24. The fourth-order valence-electron chi connectivity index (χ4n) is 2.46. The highest BCUT2D eigenvalue weighted by atomic mass is 32.2. The van der Waals surface area contributed by atoms with Crippen molar-refractivity contribution in [3.8, 4) is 0 Å². The van der Waals surface area contributed by atoms with Crippen molar-refractivity contribution in [2.75, 3.05) is 11.4 Å². The Hall–Kier alpha value is -1.29. The van der Waals surface area contributed by atoms with E-state index in [1.54, 1.807) is 11.8 Å². The summed E-state index contributed by atoms with van der Waals surface area (Å²) in [4.78, 5) is 24.9. The molecule has 1 heterocycles. The van der Waals surface area contributed by atoms with Crippen LogP contribution >= 0.6 is 11.8 Å². The van der Waals surface area contributed by atoms with Crippen LogP contribution in [0.15, 0.2) is 24.3 Å². The largest absolute Gasteiger partial charge is 0.311 e. The minimum absolute atomic E-state index is 0.0829. The minimum Gasteiger partial charge on any atom is -0.311 e. The zero-order valence-corrected chi connectivity index (χ0v) is 12.9. The predicted molar refractivity (Wildman–Crippen MR) is 84.1 cm³/mol. The molecule has 1 fully saturated rings. The Labute approximate surface area is 124 Å². The summed E-state index contributed by atoms with van der Waals surface area (Å²) >= 11 is 1.28. The summed E-state index contributed by atoms with van der Waals surface area (Å²) < 4.78 is 0. The number of amides is 1. The lowest BCUT2D eigenvalue weighted by Gasteiger charge is -2.16. The first-order valence-corrected chi connectivity index (χ1v) is 8.04. The molecule has 3 nitrogen and oxygen atoms in total. The van der Waals surface area contributed by atoms with E-state index in [1.807, 2.05) is 12.1 Å². The molecule has 1 atom stereocenters. The maximum absolute atomic E-state index is 12.0. The maximum Gasteiger partial charge on any atom is 0.228 e. The van der Waals surface area contributed by atoms with Gasteiger partial charge in [-0.15, -0.1) is 0 Å². The second-order valence-electron chi connectivity index (χ2n) is 5.21. The van der Waals surface area contributed by atoms with Gasteiger partial charge in [-0.3, -0.25) is 9.59 Å². The van der Waals surface area contributed by atoms with Crippen LogP contribution < -0.4 is 4.90 Å². The van der Waals surface area contributed by atoms with Crippen LogP contribution in [0.3, 0.4) is 0 Å². The molecule has 108 valence electrons. The van der Waals surface area contributed by atoms with E-state index in [1.165, 1.54) is 30.2 Å². The van der Waals surface area contributed by atoms with E-state index in [2.05, 4.69) is 19.1 Å². The van der Waals surface area contributed by atoms with Gasteiger partial charge in [0, 0.05) is 30.8 Å². The van der Waals surface area contributed by atoms with Gasteiger partial charge in [-0.05, 0) is 30.5 Å². The zero-order valence-electron chi connectivity index (χ0n) is 12.1. The maximum atomic E-state index is 12.0. The van der Waals surface area contributed by atoms with Crippen LogP contribution in [0.4, 0.5) is 5.69 Å². The summed E-state index contributed by atoms with van der Waals surface area (Å²) in [7, 11) is 0. The molecule has 0 spiro atoms. The van der Waals surface area contributed by atoms with Gasteiger partial charge in [-0.2, -0.15) is 0 Å². The number of hydrogen-bond acceptors (Lipinski definition) is 3. The van der Waals surface area contributed by atoms with Crippen molar-refractivity contribution < 1.29 is 9.59 Å². The van der Waals surface area contributed by atoms with Crippen LogP contribution in [0.25, 0.3) is 0 Å². The van der Waals surface area contributed by atoms with Gasteiger partial charge < -0.3 is 4.90 Å². The molecule has 1 aliphatic rings. The fourth-order valence-corrected chi connectivity index (χ4v) is 3.38. The van der Waals surface area contributed by atoms with Crippen molar-refractivity contribution in [1.82, 2.24) is 0 Å². The van der Waals surface area contributed by atoms with Gasteiger partial charge in [-0.1, -0.05) is 37.2 Å². The van der Waals surface area contributed by atoms with Crippen molar-refractivity contribution in [3.63, 3.8) is 0 Å². The Morgan fingerprint density at radius 1 is 1.35 bits per heavy atom. The van der Waals surface area contributed by atoms with E-state index in [9.17, 15) is 9.59 Å². The molecule has 1 aromatic rings. The quantitative estimate of drug-likeness (QED) is 0.834. The van der Waals surface area contributed by atoms with Gasteiger partial charge in [0.2, 0.25) is 5.91 Å². The van der Waals surface area contributed by atoms with Crippen molar-refractivity contribution in [2.45, 2.75) is 44.8 Å². The molecule has 4 heteroatoms. The molecule has 2 rings (SSSR count).